The Morgan fingerprint density at radius 1 is 1.29 bits per heavy atom. The number of ether oxygens (including phenoxy) is 1. The Hall–Kier alpha value is -2.63. The monoisotopic (exact) mass is 326 g/mol. The number of hydrogen-bond acceptors (Lipinski definition) is 5. The van der Waals surface area contributed by atoms with Crippen molar-refractivity contribution in [2.24, 2.45) is 0 Å². The van der Waals surface area contributed by atoms with Gasteiger partial charge in [0.15, 0.2) is 0 Å². The molecule has 1 aromatic carbocycles. The van der Waals surface area contributed by atoms with E-state index in [0.717, 1.165) is 37.5 Å². The van der Waals surface area contributed by atoms with Gasteiger partial charge in [-0.15, -0.1) is 5.10 Å². The third-order valence-electron chi connectivity index (χ3n) is 4.10. The van der Waals surface area contributed by atoms with Gasteiger partial charge in [-0.25, -0.2) is 0 Å². The molecule has 0 spiro atoms. The van der Waals surface area contributed by atoms with Crippen LogP contribution in [-0.4, -0.2) is 46.7 Å². The van der Waals surface area contributed by atoms with Crippen LogP contribution in [0.3, 0.4) is 0 Å². The number of aromatic nitrogens is 2. The van der Waals surface area contributed by atoms with Crippen LogP contribution >= 0.6 is 0 Å². The van der Waals surface area contributed by atoms with Crippen LogP contribution in [0.2, 0.25) is 0 Å². The Labute approximate surface area is 141 Å². The van der Waals surface area contributed by atoms with Gasteiger partial charge < -0.3 is 15.0 Å². The van der Waals surface area contributed by atoms with Crippen molar-refractivity contribution in [3.8, 4) is 5.75 Å². The predicted molar refractivity (Wildman–Crippen MR) is 92.2 cm³/mol. The van der Waals surface area contributed by atoms with Crippen molar-refractivity contribution in [2.45, 2.75) is 25.8 Å². The molecule has 1 N–H and O–H groups in total. The number of nitrogens with zero attached hydrogens (tertiary/aromatic N) is 3. The van der Waals surface area contributed by atoms with Crippen molar-refractivity contribution >= 4 is 11.7 Å². The first-order chi connectivity index (χ1) is 11.8. The fourth-order valence-electron chi connectivity index (χ4n) is 2.88. The molecule has 0 saturated carbocycles. The maximum atomic E-state index is 12.6. The summed E-state index contributed by atoms with van der Waals surface area (Å²) in [6.07, 6.45) is 3.45. The maximum absolute atomic E-state index is 12.6. The number of amides is 1. The third-order valence-corrected chi connectivity index (χ3v) is 4.10. The summed E-state index contributed by atoms with van der Waals surface area (Å²) in [6, 6.07) is 11.5. The van der Waals surface area contributed by atoms with Crippen LogP contribution in [-0.2, 0) is 0 Å². The smallest absolute Gasteiger partial charge is 0.253 e. The second-order valence-corrected chi connectivity index (χ2v) is 5.78. The second-order valence-electron chi connectivity index (χ2n) is 5.78. The minimum atomic E-state index is 0.0644. The number of anilines is 1. The molecule has 2 aromatic rings. The van der Waals surface area contributed by atoms with E-state index >= 15 is 0 Å². The average Bonchev–Trinajstić information content (AvgIpc) is 2.63. The van der Waals surface area contributed by atoms with Crippen molar-refractivity contribution < 1.29 is 9.53 Å². The van der Waals surface area contributed by atoms with Crippen molar-refractivity contribution in [3.63, 3.8) is 0 Å². The number of hydrogen-bond donors (Lipinski definition) is 1. The van der Waals surface area contributed by atoms with Gasteiger partial charge in [0.1, 0.15) is 11.6 Å². The molecule has 0 atom stereocenters. The van der Waals surface area contributed by atoms with Crippen LogP contribution in [0.25, 0.3) is 0 Å². The van der Waals surface area contributed by atoms with Crippen LogP contribution in [0.4, 0.5) is 5.82 Å². The predicted octanol–water partition coefficient (Wildman–Crippen LogP) is 2.59. The van der Waals surface area contributed by atoms with Crippen LogP contribution in [0.15, 0.2) is 42.6 Å². The van der Waals surface area contributed by atoms with E-state index in [1.165, 1.54) is 0 Å². The van der Waals surface area contributed by atoms with Crippen molar-refractivity contribution in [2.75, 3.05) is 25.0 Å². The summed E-state index contributed by atoms with van der Waals surface area (Å²) >= 11 is 0. The maximum Gasteiger partial charge on any atom is 0.253 e. The van der Waals surface area contributed by atoms with Crippen LogP contribution in [0, 0.1) is 0 Å². The van der Waals surface area contributed by atoms with Gasteiger partial charge in [-0.3, -0.25) is 4.79 Å². The Morgan fingerprint density at radius 3 is 2.83 bits per heavy atom. The third kappa shape index (κ3) is 4.01. The van der Waals surface area contributed by atoms with Crippen LogP contribution in [0.5, 0.6) is 5.75 Å². The lowest BCUT2D eigenvalue weighted by Gasteiger charge is -2.32. The number of carbonyl (C=O) groups is 1. The first-order valence-corrected chi connectivity index (χ1v) is 8.32. The van der Waals surface area contributed by atoms with Crippen molar-refractivity contribution in [3.05, 3.63) is 48.2 Å². The largest absolute Gasteiger partial charge is 0.494 e. The molecule has 1 aliphatic rings. The molecule has 1 fully saturated rings. The molecule has 1 aromatic heterocycles. The standard InChI is InChI=1S/C18H22N4O2/c1-2-24-16-6-3-5-14(13-16)18(23)22-11-8-15(9-12-22)20-17-7-4-10-19-21-17/h3-7,10,13,15H,2,8-9,11-12H2,1H3,(H,20,21). The topological polar surface area (TPSA) is 67.3 Å². The molecule has 24 heavy (non-hydrogen) atoms. The average molecular weight is 326 g/mol. The van der Waals surface area contributed by atoms with E-state index in [-0.39, 0.29) is 5.91 Å². The van der Waals surface area contributed by atoms with Crippen molar-refractivity contribution in [1.82, 2.24) is 15.1 Å². The molecule has 1 amide bonds. The highest BCUT2D eigenvalue weighted by Crippen LogP contribution is 2.19. The van der Waals surface area contributed by atoms with Gasteiger partial charge in [0.25, 0.3) is 5.91 Å². The Bertz CT molecular complexity index is 670. The molecule has 0 aliphatic carbocycles. The summed E-state index contributed by atoms with van der Waals surface area (Å²) in [5.41, 5.74) is 0.682. The molecule has 0 unspecified atom stereocenters. The van der Waals surface area contributed by atoms with E-state index in [4.69, 9.17) is 4.74 Å². The second kappa shape index (κ2) is 7.77. The van der Waals surface area contributed by atoms with E-state index < -0.39 is 0 Å². The number of rotatable bonds is 5. The molecule has 2 heterocycles. The van der Waals surface area contributed by atoms with Gasteiger partial charge >= 0.3 is 0 Å². The SMILES string of the molecule is CCOc1cccc(C(=O)N2CCC(Nc3cccnn3)CC2)c1. The highest BCUT2D eigenvalue weighted by molar-refractivity contribution is 5.94. The Kier molecular flexibility index (Phi) is 5.25. The molecule has 126 valence electrons. The van der Waals surface area contributed by atoms with Gasteiger partial charge in [0.05, 0.1) is 6.61 Å². The van der Waals surface area contributed by atoms with E-state index in [9.17, 15) is 4.79 Å². The number of carbonyl (C=O) groups excluding carboxylic acids is 1. The summed E-state index contributed by atoms with van der Waals surface area (Å²) in [6.45, 7) is 3.99. The minimum absolute atomic E-state index is 0.0644. The zero-order valence-corrected chi connectivity index (χ0v) is 13.8. The molecular formula is C18H22N4O2. The van der Waals surface area contributed by atoms with E-state index in [1.807, 2.05) is 48.2 Å². The fraction of sp³-hybridized carbons (Fsp3) is 0.389. The molecule has 1 saturated heterocycles. The minimum Gasteiger partial charge on any atom is -0.494 e. The number of benzene rings is 1. The van der Waals surface area contributed by atoms with Crippen molar-refractivity contribution in [1.29, 1.82) is 0 Å². The van der Waals surface area contributed by atoms with Gasteiger partial charge in [-0.05, 0) is 50.1 Å². The molecule has 0 radical (unpaired) electrons. The quantitative estimate of drug-likeness (QED) is 0.915. The summed E-state index contributed by atoms with van der Waals surface area (Å²) in [5, 5.41) is 11.3. The molecule has 6 heteroatoms. The Balaban J connectivity index is 1.56. The molecule has 1 aliphatic heterocycles. The first-order valence-electron chi connectivity index (χ1n) is 8.32. The van der Waals surface area contributed by atoms with Gasteiger partial charge in [-0.1, -0.05) is 6.07 Å². The number of likely N-dealkylation sites (tertiary alicyclic amines) is 1. The van der Waals surface area contributed by atoms with E-state index in [1.54, 1.807) is 6.20 Å². The zero-order chi connectivity index (χ0) is 16.8. The van der Waals surface area contributed by atoms with Gasteiger partial charge in [0, 0.05) is 30.9 Å². The summed E-state index contributed by atoms with van der Waals surface area (Å²) in [7, 11) is 0. The molecule has 3 rings (SSSR count). The highest BCUT2D eigenvalue weighted by Gasteiger charge is 2.24. The molecular weight excluding hydrogens is 304 g/mol. The highest BCUT2D eigenvalue weighted by atomic mass is 16.5. The lowest BCUT2D eigenvalue weighted by Crippen LogP contribution is -2.42. The lowest BCUT2D eigenvalue weighted by molar-refractivity contribution is 0.0718. The van der Waals surface area contributed by atoms with E-state index in [0.29, 0.717) is 18.2 Å². The summed E-state index contributed by atoms with van der Waals surface area (Å²) in [5.74, 6) is 1.59. The summed E-state index contributed by atoms with van der Waals surface area (Å²) in [4.78, 5) is 14.6. The molecule has 6 nitrogen and oxygen atoms in total. The lowest BCUT2D eigenvalue weighted by atomic mass is 10.0. The normalized spacial score (nSPS) is 15.1. The summed E-state index contributed by atoms with van der Waals surface area (Å²) < 4.78 is 5.47. The fourth-order valence-corrected chi connectivity index (χ4v) is 2.88. The van der Waals surface area contributed by atoms with Gasteiger partial charge in [-0.2, -0.15) is 5.10 Å². The van der Waals surface area contributed by atoms with E-state index in [2.05, 4.69) is 15.5 Å². The first kappa shape index (κ1) is 16.2. The Morgan fingerprint density at radius 2 is 2.12 bits per heavy atom. The van der Waals surface area contributed by atoms with Crippen LogP contribution in [0.1, 0.15) is 30.1 Å². The number of nitrogens with one attached hydrogen (secondary N) is 1. The molecule has 0 bridgehead atoms. The number of piperidine rings is 1. The zero-order valence-electron chi connectivity index (χ0n) is 13.8. The van der Waals surface area contributed by atoms with Crippen LogP contribution < -0.4 is 10.1 Å². The van der Waals surface area contributed by atoms with Gasteiger partial charge in [0.2, 0.25) is 0 Å².